The van der Waals surface area contributed by atoms with Crippen molar-refractivity contribution in [3.8, 4) is 17.1 Å². The zero-order chi connectivity index (χ0) is 23.2. The Labute approximate surface area is 194 Å². The van der Waals surface area contributed by atoms with Gasteiger partial charge in [-0.05, 0) is 50.3 Å². The Balaban J connectivity index is 1.56. The number of aromatic nitrogens is 3. The van der Waals surface area contributed by atoms with Gasteiger partial charge in [0.25, 0.3) is 0 Å². The summed E-state index contributed by atoms with van der Waals surface area (Å²) >= 11 is 0. The molecule has 8 nitrogen and oxygen atoms in total. The van der Waals surface area contributed by atoms with E-state index < -0.39 is 0 Å². The maximum absolute atomic E-state index is 13.4. The van der Waals surface area contributed by atoms with E-state index in [-0.39, 0.29) is 24.2 Å². The van der Waals surface area contributed by atoms with Crippen LogP contribution in [0.3, 0.4) is 0 Å². The predicted molar refractivity (Wildman–Crippen MR) is 128 cm³/mol. The van der Waals surface area contributed by atoms with Gasteiger partial charge in [0.05, 0.1) is 13.2 Å². The molecule has 172 valence electrons. The van der Waals surface area contributed by atoms with Crippen LogP contribution in [0.1, 0.15) is 44.2 Å². The van der Waals surface area contributed by atoms with E-state index in [0.717, 1.165) is 42.4 Å². The highest BCUT2D eigenvalue weighted by molar-refractivity contribution is 5.92. The van der Waals surface area contributed by atoms with Gasteiger partial charge in [-0.25, -0.2) is 19.7 Å². The summed E-state index contributed by atoms with van der Waals surface area (Å²) in [5.74, 6) is 0.617. The molecule has 0 spiro atoms. The van der Waals surface area contributed by atoms with E-state index >= 15 is 0 Å². The van der Waals surface area contributed by atoms with Gasteiger partial charge in [0, 0.05) is 41.8 Å². The first kappa shape index (κ1) is 22.7. The van der Waals surface area contributed by atoms with Crippen LogP contribution < -0.4 is 20.7 Å². The lowest BCUT2D eigenvalue weighted by Crippen LogP contribution is -2.49. The van der Waals surface area contributed by atoms with Crippen LogP contribution in [-0.2, 0) is 0 Å². The molecule has 1 saturated carbocycles. The minimum absolute atomic E-state index is 0.0513. The number of nitrogens with zero attached hydrogens (tertiary/aromatic N) is 4. The summed E-state index contributed by atoms with van der Waals surface area (Å²) in [5.41, 5.74) is 8.86. The summed E-state index contributed by atoms with van der Waals surface area (Å²) in [4.78, 5) is 28.2. The Morgan fingerprint density at radius 2 is 1.67 bits per heavy atom. The van der Waals surface area contributed by atoms with E-state index in [9.17, 15) is 4.79 Å². The van der Waals surface area contributed by atoms with Gasteiger partial charge in [0.15, 0.2) is 0 Å². The van der Waals surface area contributed by atoms with Gasteiger partial charge < -0.3 is 15.8 Å². The predicted octanol–water partition coefficient (Wildman–Crippen LogP) is 4.09. The van der Waals surface area contributed by atoms with Gasteiger partial charge in [0.1, 0.15) is 5.82 Å². The molecule has 4 rings (SSSR count). The number of hydrogen-bond acceptors (Lipinski definition) is 6. The fourth-order valence-corrected chi connectivity index (χ4v) is 4.17. The van der Waals surface area contributed by atoms with E-state index in [1.54, 1.807) is 23.5 Å². The number of methoxy groups -OCH3 is 1. The van der Waals surface area contributed by atoms with Crippen LogP contribution >= 0.6 is 0 Å². The second-order valence-corrected chi connectivity index (χ2v) is 8.38. The Kier molecular flexibility index (Phi) is 7.14. The third-order valence-electron chi connectivity index (χ3n) is 6.10. The number of rotatable bonds is 6. The maximum Gasteiger partial charge on any atom is 0.323 e. The molecule has 1 aromatic carbocycles. The zero-order valence-electron chi connectivity index (χ0n) is 19.0. The minimum atomic E-state index is -0.153. The van der Waals surface area contributed by atoms with Crippen molar-refractivity contribution in [1.29, 1.82) is 0 Å². The largest absolute Gasteiger partial charge is 0.467 e. The van der Waals surface area contributed by atoms with Gasteiger partial charge in [-0.2, -0.15) is 0 Å². The highest BCUT2D eigenvalue weighted by atomic mass is 16.5. The monoisotopic (exact) mass is 446 g/mol. The first-order valence-corrected chi connectivity index (χ1v) is 11.3. The molecule has 1 aliphatic rings. The molecule has 1 atom stereocenters. The summed E-state index contributed by atoms with van der Waals surface area (Å²) < 4.78 is 5.02. The first-order valence-electron chi connectivity index (χ1n) is 11.3. The fourth-order valence-electron chi connectivity index (χ4n) is 4.17. The standard InChI is InChI=1S/C25H30N6O2/c1-17(18-6-4-3-5-7-18)30-25(32)31(22-11-9-21(26)10-12-22)23-13-8-19(14-27-23)20-15-28-24(33-2)29-16-20/h3-8,13-17,21-22H,9-12,26H2,1-2H3,(H,30,32). The van der Waals surface area contributed by atoms with Crippen LogP contribution in [0.25, 0.3) is 11.1 Å². The van der Waals surface area contributed by atoms with Crippen molar-refractivity contribution < 1.29 is 9.53 Å². The number of amides is 2. The third-order valence-corrected chi connectivity index (χ3v) is 6.10. The maximum atomic E-state index is 13.4. The molecule has 0 radical (unpaired) electrons. The number of nitrogens with one attached hydrogen (secondary N) is 1. The number of pyridine rings is 1. The van der Waals surface area contributed by atoms with E-state index in [4.69, 9.17) is 10.5 Å². The molecule has 8 heteroatoms. The van der Waals surface area contributed by atoms with Crippen LogP contribution in [0.2, 0.25) is 0 Å². The summed E-state index contributed by atoms with van der Waals surface area (Å²) in [6, 6.07) is 14.0. The molecule has 3 aromatic rings. The topological polar surface area (TPSA) is 106 Å². The van der Waals surface area contributed by atoms with Crippen LogP contribution in [0.15, 0.2) is 61.1 Å². The molecule has 1 fully saturated rings. The molecule has 0 bridgehead atoms. The SMILES string of the molecule is COc1ncc(-c2ccc(N(C(=O)NC(C)c3ccccc3)C3CCC(N)CC3)nc2)cn1. The Morgan fingerprint density at radius 3 is 2.27 bits per heavy atom. The molecule has 2 heterocycles. The highest BCUT2D eigenvalue weighted by Gasteiger charge is 2.30. The lowest BCUT2D eigenvalue weighted by molar-refractivity contribution is 0.237. The number of benzene rings is 1. The highest BCUT2D eigenvalue weighted by Crippen LogP contribution is 2.28. The molecule has 1 aliphatic carbocycles. The molecule has 0 saturated heterocycles. The Bertz CT molecular complexity index is 1030. The average Bonchev–Trinajstić information content (AvgIpc) is 2.86. The lowest BCUT2D eigenvalue weighted by Gasteiger charge is -2.36. The van der Waals surface area contributed by atoms with Crippen molar-refractivity contribution in [2.45, 2.75) is 50.7 Å². The quantitative estimate of drug-likeness (QED) is 0.591. The van der Waals surface area contributed by atoms with Gasteiger partial charge in [0.2, 0.25) is 0 Å². The van der Waals surface area contributed by atoms with E-state index in [2.05, 4.69) is 20.3 Å². The van der Waals surface area contributed by atoms with Crippen LogP contribution in [0.5, 0.6) is 6.01 Å². The summed E-state index contributed by atoms with van der Waals surface area (Å²) in [7, 11) is 1.53. The second-order valence-electron chi connectivity index (χ2n) is 8.38. The molecule has 0 aliphatic heterocycles. The van der Waals surface area contributed by atoms with Crippen molar-refractivity contribution in [3.05, 3.63) is 66.6 Å². The molecule has 2 aromatic heterocycles. The van der Waals surface area contributed by atoms with E-state index in [1.165, 1.54) is 7.11 Å². The molecule has 3 N–H and O–H groups in total. The fraction of sp³-hybridized carbons (Fsp3) is 0.360. The lowest BCUT2D eigenvalue weighted by atomic mass is 9.91. The Morgan fingerprint density at radius 1 is 1.00 bits per heavy atom. The average molecular weight is 447 g/mol. The van der Waals surface area contributed by atoms with Gasteiger partial charge in [-0.1, -0.05) is 30.3 Å². The molecular formula is C25H30N6O2. The summed E-state index contributed by atoms with van der Waals surface area (Å²) in [6.45, 7) is 1.99. The zero-order valence-corrected chi connectivity index (χ0v) is 19.0. The van der Waals surface area contributed by atoms with Crippen molar-refractivity contribution in [1.82, 2.24) is 20.3 Å². The third kappa shape index (κ3) is 5.46. The molecule has 2 amide bonds. The van der Waals surface area contributed by atoms with Gasteiger partial charge in [-0.3, -0.25) is 4.90 Å². The number of carbonyl (C=O) groups is 1. The van der Waals surface area contributed by atoms with Crippen molar-refractivity contribution >= 4 is 11.8 Å². The summed E-state index contributed by atoms with van der Waals surface area (Å²) in [5, 5.41) is 3.14. The molecule has 33 heavy (non-hydrogen) atoms. The number of nitrogens with two attached hydrogens (primary N) is 1. The van der Waals surface area contributed by atoms with Gasteiger partial charge in [-0.15, -0.1) is 0 Å². The molecular weight excluding hydrogens is 416 g/mol. The van der Waals surface area contributed by atoms with E-state index in [0.29, 0.717) is 11.8 Å². The van der Waals surface area contributed by atoms with Crippen molar-refractivity contribution in [2.24, 2.45) is 5.73 Å². The second kappa shape index (κ2) is 10.4. The molecule has 1 unspecified atom stereocenters. The first-order chi connectivity index (χ1) is 16.0. The van der Waals surface area contributed by atoms with Gasteiger partial charge >= 0.3 is 12.0 Å². The van der Waals surface area contributed by atoms with Crippen molar-refractivity contribution in [3.63, 3.8) is 0 Å². The number of ether oxygens (including phenoxy) is 1. The minimum Gasteiger partial charge on any atom is -0.467 e. The normalized spacial score (nSPS) is 18.9. The number of urea groups is 1. The summed E-state index contributed by atoms with van der Waals surface area (Å²) in [6.07, 6.45) is 8.62. The number of hydrogen-bond donors (Lipinski definition) is 2. The number of carbonyl (C=O) groups excluding carboxylic acids is 1. The van der Waals surface area contributed by atoms with Crippen LogP contribution in [0.4, 0.5) is 10.6 Å². The van der Waals surface area contributed by atoms with Crippen LogP contribution in [-0.4, -0.2) is 40.2 Å². The van der Waals surface area contributed by atoms with Crippen LogP contribution in [0, 0.1) is 0 Å². The Hall–Kier alpha value is -3.52. The smallest absolute Gasteiger partial charge is 0.323 e. The van der Waals surface area contributed by atoms with E-state index in [1.807, 2.05) is 49.4 Å². The number of anilines is 1. The van der Waals surface area contributed by atoms with Crippen molar-refractivity contribution in [2.75, 3.05) is 12.0 Å².